The number of amides is 1. The van der Waals surface area contributed by atoms with Gasteiger partial charge in [0.2, 0.25) is 15.9 Å². The fraction of sp³-hybridized carbons (Fsp3) is 0.486. The van der Waals surface area contributed by atoms with Gasteiger partial charge >= 0.3 is 5.97 Å². The van der Waals surface area contributed by atoms with Crippen LogP contribution in [-0.4, -0.2) is 60.8 Å². The molecule has 0 unspecified atom stereocenters. The highest BCUT2D eigenvalue weighted by atomic mass is 32.2. The minimum atomic E-state index is -3.75. The molecule has 9 heteroatoms. The topological polar surface area (TPSA) is 104 Å². The van der Waals surface area contributed by atoms with Crippen LogP contribution in [0.1, 0.15) is 74.5 Å². The van der Waals surface area contributed by atoms with Crippen molar-refractivity contribution in [2.75, 3.05) is 25.1 Å². The Kier molecular flexibility index (Phi) is 12.3. The van der Waals surface area contributed by atoms with Crippen molar-refractivity contribution in [2.45, 2.75) is 82.6 Å². The number of aliphatic carboxylic acids is 1. The molecule has 2 aliphatic rings. The van der Waals surface area contributed by atoms with Crippen LogP contribution >= 0.6 is 11.8 Å². The summed E-state index contributed by atoms with van der Waals surface area (Å²) < 4.78 is 29.7. The van der Waals surface area contributed by atoms with Crippen molar-refractivity contribution in [3.8, 4) is 0 Å². The van der Waals surface area contributed by atoms with Crippen molar-refractivity contribution < 1.29 is 23.1 Å². The molecule has 0 aromatic heterocycles. The summed E-state index contributed by atoms with van der Waals surface area (Å²) in [6, 6.07) is 13.9. The Morgan fingerprint density at radius 2 is 1.80 bits per heavy atom. The third-order valence-electron chi connectivity index (χ3n) is 8.81. The average molecular weight is 639 g/mol. The van der Waals surface area contributed by atoms with E-state index >= 15 is 0 Å². The van der Waals surface area contributed by atoms with Crippen LogP contribution in [0.15, 0.2) is 70.6 Å². The van der Waals surface area contributed by atoms with Gasteiger partial charge in [0.05, 0.1) is 4.90 Å². The first-order chi connectivity index (χ1) is 21.1. The van der Waals surface area contributed by atoms with E-state index in [0.29, 0.717) is 47.9 Å². The van der Waals surface area contributed by atoms with E-state index in [2.05, 4.69) is 5.32 Å². The SMILES string of the molecule is CSCC[C@H](NC(=O)C1=C(c2ccccc2C)C=C(CN(CCC2CCCCC2)S(=O)(=O)c2cccc(C)c2)CC1)C(=O)O. The van der Waals surface area contributed by atoms with Crippen molar-refractivity contribution in [3.63, 3.8) is 0 Å². The van der Waals surface area contributed by atoms with E-state index in [-0.39, 0.29) is 12.5 Å². The van der Waals surface area contributed by atoms with Gasteiger partial charge in [0.25, 0.3) is 0 Å². The number of rotatable bonds is 14. The van der Waals surface area contributed by atoms with E-state index < -0.39 is 22.0 Å². The molecule has 2 aromatic rings. The van der Waals surface area contributed by atoms with Gasteiger partial charge in [0, 0.05) is 18.7 Å². The zero-order valence-corrected chi connectivity index (χ0v) is 27.8. The fourth-order valence-corrected chi connectivity index (χ4v) is 8.27. The smallest absolute Gasteiger partial charge is 0.326 e. The van der Waals surface area contributed by atoms with E-state index in [9.17, 15) is 23.1 Å². The molecule has 2 N–H and O–H groups in total. The lowest BCUT2D eigenvalue weighted by atomic mass is 9.85. The van der Waals surface area contributed by atoms with E-state index in [1.165, 1.54) is 31.0 Å². The lowest BCUT2D eigenvalue weighted by Crippen LogP contribution is -2.42. The molecule has 2 aliphatic carbocycles. The van der Waals surface area contributed by atoms with Gasteiger partial charge in [0.15, 0.2) is 0 Å². The second kappa shape index (κ2) is 15.9. The molecule has 7 nitrogen and oxygen atoms in total. The molecule has 0 spiro atoms. The summed E-state index contributed by atoms with van der Waals surface area (Å²) in [5.41, 5.74) is 4.99. The first kappa shape index (κ1) is 34.0. The normalized spacial score (nSPS) is 17.0. The Labute approximate surface area is 267 Å². The van der Waals surface area contributed by atoms with Gasteiger partial charge in [-0.3, -0.25) is 4.79 Å². The standard InChI is InChI=1S/C35H46N2O5S2/c1-25-10-9-14-29(22-25)44(41,42)37(20-18-27-12-5-4-6-13-27)24-28-16-17-31(32(23-28)30-15-8-7-11-26(30)2)34(38)36-33(35(39)40)19-21-43-3/h7-11,14-15,22-23,27,33H,4-6,12-13,16-21,24H2,1-3H3,(H,36,38)(H,39,40)/t33-/m0/s1. The molecular formula is C35H46N2O5S2. The summed E-state index contributed by atoms with van der Waals surface area (Å²) in [7, 11) is -3.75. The second-order valence-corrected chi connectivity index (χ2v) is 15.0. The number of carbonyl (C=O) groups excluding carboxylic acids is 1. The van der Waals surface area contributed by atoms with Crippen molar-refractivity contribution in [3.05, 3.63) is 82.4 Å². The second-order valence-electron chi connectivity index (χ2n) is 12.1. The Morgan fingerprint density at radius 1 is 1.05 bits per heavy atom. The molecule has 4 rings (SSSR count). The van der Waals surface area contributed by atoms with Crippen LogP contribution in [0.3, 0.4) is 0 Å². The van der Waals surface area contributed by atoms with Crippen LogP contribution in [0.5, 0.6) is 0 Å². The van der Waals surface area contributed by atoms with E-state index in [1.54, 1.807) is 22.5 Å². The molecular weight excluding hydrogens is 593 g/mol. The molecule has 44 heavy (non-hydrogen) atoms. The van der Waals surface area contributed by atoms with Crippen LogP contribution < -0.4 is 5.32 Å². The monoisotopic (exact) mass is 638 g/mol. The maximum atomic E-state index is 14.0. The number of sulfonamides is 1. The molecule has 1 amide bonds. The highest BCUT2D eigenvalue weighted by Gasteiger charge is 2.30. The molecule has 238 valence electrons. The summed E-state index contributed by atoms with van der Waals surface area (Å²) >= 11 is 1.54. The number of carbonyl (C=O) groups is 2. The summed E-state index contributed by atoms with van der Waals surface area (Å²) in [6.07, 6.45) is 11.9. The molecule has 1 atom stereocenters. The quantitative estimate of drug-likeness (QED) is 0.237. The molecule has 0 heterocycles. The van der Waals surface area contributed by atoms with Gasteiger partial charge in [-0.1, -0.05) is 80.2 Å². The number of hydrogen-bond donors (Lipinski definition) is 2. The van der Waals surface area contributed by atoms with Gasteiger partial charge in [-0.15, -0.1) is 0 Å². The number of carboxylic acid groups (broad SMARTS) is 1. The van der Waals surface area contributed by atoms with Gasteiger partial charge in [-0.05, 0) is 91.9 Å². The van der Waals surface area contributed by atoms with Gasteiger partial charge in [-0.25, -0.2) is 13.2 Å². The van der Waals surface area contributed by atoms with Crippen LogP contribution in [-0.2, 0) is 19.6 Å². The maximum absolute atomic E-state index is 14.0. The van der Waals surface area contributed by atoms with Crippen molar-refractivity contribution in [2.24, 2.45) is 5.92 Å². The molecule has 0 bridgehead atoms. The van der Waals surface area contributed by atoms with Crippen LogP contribution in [0.2, 0.25) is 0 Å². The minimum Gasteiger partial charge on any atom is -0.480 e. The highest BCUT2D eigenvalue weighted by molar-refractivity contribution is 7.98. The molecule has 1 saturated carbocycles. The van der Waals surface area contributed by atoms with Gasteiger partial charge in [0.1, 0.15) is 6.04 Å². The zero-order valence-electron chi connectivity index (χ0n) is 26.2. The number of allylic oxidation sites excluding steroid dienone is 2. The van der Waals surface area contributed by atoms with Crippen molar-refractivity contribution in [1.82, 2.24) is 9.62 Å². The van der Waals surface area contributed by atoms with Crippen LogP contribution in [0.4, 0.5) is 0 Å². The van der Waals surface area contributed by atoms with Gasteiger partial charge < -0.3 is 10.4 Å². The number of benzene rings is 2. The van der Waals surface area contributed by atoms with E-state index in [4.69, 9.17) is 0 Å². The van der Waals surface area contributed by atoms with E-state index in [0.717, 1.165) is 47.1 Å². The summed E-state index contributed by atoms with van der Waals surface area (Å²) in [5, 5.41) is 12.5. The third-order valence-corrected chi connectivity index (χ3v) is 11.3. The van der Waals surface area contributed by atoms with Crippen LogP contribution in [0, 0.1) is 19.8 Å². The Bertz CT molecular complexity index is 1490. The Morgan fingerprint density at radius 3 is 2.48 bits per heavy atom. The summed E-state index contributed by atoms with van der Waals surface area (Å²) in [5.74, 6) is -0.275. The predicted octanol–water partition coefficient (Wildman–Crippen LogP) is 6.76. The van der Waals surface area contributed by atoms with E-state index in [1.807, 2.05) is 56.5 Å². The first-order valence-corrected chi connectivity index (χ1v) is 18.5. The Hall–Kier alpha value is -2.88. The maximum Gasteiger partial charge on any atom is 0.326 e. The highest BCUT2D eigenvalue weighted by Crippen LogP contribution is 2.35. The summed E-state index contributed by atoms with van der Waals surface area (Å²) in [4.78, 5) is 25.8. The number of hydrogen-bond acceptors (Lipinski definition) is 5. The average Bonchev–Trinajstić information content (AvgIpc) is 3.01. The van der Waals surface area contributed by atoms with Gasteiger partial charge in [-0.2, -0.15) is 16.1 Å². The third kappa shape index (κ3) is 8.86. The van der Waals surface area contributed by atoms with Crippen molar-refractivity contribution >= 4 is 39.2 Å². The lowest BCUT2D eigenvalue weighted by molar-refractivity contribution is -0.141. The van der Waals surface area contributed by atoms with Crippen LogP contribution in [0.25, 0.3) is 5.57 Å². The number of nitrogens with zero attached hydrogens (tertiary/aromatic N) is 1. The predicted molar refractivity (Wildman–Crippen MR) is 179 cm³/mol. The zero-order chi connectivity index (χ0) is 31.7. The van der Waals surface area contributed by atoms with Crippen molar-refractivity contribution in [1.29, 1.82) is 0 Å². The number of aryl methyl sites for hydroxylation is 2. The largest absolute Gasteiger partial charge is 0.480 e. The molecule has 2 aromatic carbocycles. The number of carboxylic acids is 1. The molecule has 1 fully saturated rings. The molecule has 0 aliphatic heterocycles. The molecule has 0 radical (unpaired) electrons. The number of nitrogens with one attached hydrogen (secondary N) is 1. The Balaban J connectivity index is 1.69. The molecule has 0 saturated heterocycles. The minimum absolute atomic E-state index is 0.249. The fourth-order valence-electron chi connectivity index (χ4n) is 6.24. The first-order valence-electron chi connectivity index (χ1n) is 15.7. The number of thioether (sulfide) groups is 1. The lowest BCUT2D eigenvalue weighted by Gasteiger charge is -2.29. The summed E-state index contributed by atoms with van der Waals surface area (Å²) in [6.45, 7) is 4.58.